The minimum Gasteiger partial charge on any atom is -0.496 e. The van der Waals surface area contributed by atoms with Crippen molar-refractivity contribution in [3.63, 3.8) is 0 Å². The third-order valence-corrected chi connectivity index (χ3v) is 4.79. The molecule has 3 aromatic rings. The summed E-state index contributed by atoms with van der Waals surface area (Å²) in [7, 11) is 1.65. The molecule has 5 nitrogen and oxygen atoms in total. The predicted octanol–water partition coefficient (Wildman–Crippen LogP) is 4.53. The van der Waals surface area contributed by atoms with Crippen LogP contribution in [0.4, 0.5) is 11.4 Å². The molecule has 0 radical (unpaired) electrons. The summed E-state index contributed by atoms with van der Waals surface area (Å²) >= 11 is 0. The van der Waals surface area contributed by atoms with Gasteiger partial charge >= 0.3 is 0 Å². The van der Waals surface area contributed by atoms with Gasteiger partial charge in [0.1, 0.15) is 11.4 Å². The molecule has 150 valence electrons. The van der Waals surface area contributed by atoms with E-state index in [4.69, 9.17) is 4.74 Å². The van der Waals surface area contributed by atoms with Crippen LogP contribution in [0.3, 0.4) is 0 Å². The van der Waals surface area contributed by atoms with E-state index < -0.39 is 0 Å². The van der Waals surface area contributed by atoms with Crippen molar-refractivity contribution in [1.29, 1.82) is 0 Å². The van der Waals surface area contributed by atoms with Crippen molar-refractivity contribution in [3.8, 4) is 5.75 Å². The van der Waals surface area contributed by atoms with E-state index in [2.05, 4.69) is 47.2 Å². The highest BCUT2D eigenvalue weighted by Gasteiger charge is 2.12. The van der Waals surface area contributed by atoms with E-state index in [1.165, 1.54) is 5.56 Å². The number of benzene rings is 2. The number of aryl methyl sites for hydroxylation is 1. The van der Waals surface area contributed by atoms with Gasteiger partial charge in [-0.1, -0.05) is 30.3 Å². The number of pyridine rings is 1. The quantitative estimate of drug-likeness (QED) is 0.615. The van der Waals surface area contributed by atoms with E-state index in [-0.39, 0.29) is 5.91 Å². The van der Waals surface area contributed by atoms with Crippen molar-refractivity contribution >= 4 is 17.3 Å². The molecule has 5 heteroatoms. The van der Waals surface area contributed by atoms with Crippen molar-refractivity contribution in [2.75, 3.05) is 25.1 Å². The first-order valence-electron chi connectivity index (χ1n) is 9.82. The molecule has 3 rings (SSSR count). The van der Waals surface area contributed by atoms with Crippen LogP contribution < -0.4 is 15.0 Å². The highest BCUT2D eigenvalue weighted by atomic mass is 16.5. The first-order valence-corrected chi connectivity index (χ1v) is 9.82. The molecule has 1 aromatic heterocycles. The van der Waals surface area contributed by atoms with E-state index in [1.54, 1.807) is 13.3 Å². The number of nitrogens with zero attached hydrogens (tertiary/aromatic N) is 2. The third kappa shape index (κ3) is 5.13. The van der Waals surface area contributed by atoms with Gasteiger partial charge in [-0.2, -0.15) is 0 Å². The molecule has 0 fully saturated rings. The molecule has 0 spiro atoms. The Hall–Kier alpha value is -3.34. The van der Waals surface area contributed by atoms with Crippen molar-refractivity contribution in [2.45, 2.75) is 20.3 Å². The highest BCUT2D eigenvalue weighted by Crippen LogP contribution is 2.26. The van der Waals surface area contributed by atoms with Crippen LogP contribution in [0, 0.1) is 6.92 Å². The number of methoxy groups -OCH3 is 1. The van der Waals surface area contributed by atoms with Crippen LogP contribution in [0.2, 0.25) is 0 Å². The Balaban J connectivity index is 1.69. The lowest BCUT2D eigenvalue weighted by atomic mass is 10.1. The van der Waals surface area contributed by atoms with Gasteiger partial charge in [-0.15, -0.1) is 0 Å². The summed E-state index contributed by atoms with van der Waals surface area (Å²) in [4.78, 5) is 19.0. The predicted molar refractivity (Wildman–Crippen MR) is 117 cm³/mol. The monoisotopic (exact) mass is 389 g/mol. The van der Waals surface area contributed by atoms with E-state index in [9.17, 15) is 4.79 Å². The van der Waals surface area contributed by atoms with Gasteiger partial charge in [0.15, 0.2) is 0 Å². The van der Waals surface area contributed by atoms with Gasteiger partial charge in [0.25, 0.3) is 5.91 Å². The van der Waals surface area contributed by atoms with E-state index in [0.717, 1.165) is 29.2 Å². The van der Waals surface area contributed by atoms with Gasteiger partial charge in [0.2, 0.25) is 0 Å². The fraction of sp³-hybridized carbons (Fsp3) is 0.250. The molecule has 0 saturated heterocycles. The zero-order valence-corrected chi connectivity index (χ0v) is 17.2. The number of hydrogen-bond donors (Lipinski definition) is 1. The van der Waals surface area contributed by atoms with E-state index >= 15 is 0 Å². The van der Waals surface area contributed by atoms with Crippen LogP contribution in [-0.4, -0.2) is 31.1 Å². The lowest BCUT2D eigenvalue weighted by Gasteiger charge is -2.24. The van der Waals surface area contributed by atoms with Gasteiger partial charge in [-0.3, -0.25) is 9.78 Å². The summed E-state index contributed by atoms with van der Waals surface area (Å²) < 4.78 is 5.36. The van der Waals surface area contributed by atoms with Gasteiger partial charge < -0.3 is 15.0 Å². The Morgan fingerprint density at radius 1 is 1.07 bits per heavy atom. The number of carbonyl (C=O) groups excluding carboxylic acids is 1. The van der Waals surface area contributed by atoms with Gasteiger partial charge in [-0.05, 0) is 61.7 Å². The Bertz CT molecular complexity index is 972. The van der Waals surface area contributed by atoms with Gasteiger partial charge in [-0.25, -0.2) is 0 Å². The summed E-state index contributed by atoms with van der Waals surface area (Å²) in [5.74, 6) is 0.653. The molecular formula is C24H27N3O2. The first kappa shape index (κ1) is 20.4. The Labute approximate surface area is 172 Å². The van der Waals surface area contributed by atoms with Crippen molar-refractivity contribution in [3.05, 3.63) is 83.7 Å². The number of ether oxygens (including phenoxy) is 1. The topological polar surface area (TPSA) is 54.5 Å². The summed E-state index contributed by atoms with van der Waals surface area (Å²) in [6.45, 7) is 5.48. The molecule has 0 unspecified atom stereocenters. The highest BCUT2D eigenvalue weighted by molar-refractivity contribution is 5.93. The summed E-state index contributed by atoms with van der Waals surface area (Å²) in [6.07, 6.45) is 2.38. The number of nitrogens with one attached hydrogen (secondary N) is 1. The standard InChI is InChI=1S/C24H27N3O2/c1-4-27(20-10-7-8-18(2)16-20)21-13-15-25-22(17-21)24(28)26-14-12-19-9-5-6-11-23(19)29-3/h5-11,13,15-17H,4,12,14H2,1-3H3,(H,26,28). The largest absolute Gasteiger partial charge is 0.496 e. The second kappa shape index (κ2) is 9.73. The second-order valence-corrected chi connectivity index (χ2v) is 6.80. The molecule has 0 aliphatic rings. The molecule has 0 saturated carbocycles. The Morgan fingerprint density at radius 2 is 1.86 bits per heavy atom. The average Bonchev–Trinajstić information content (AvgIpc) is 2.75. The second-order valence-electron chi connectivity index (χ2n) is 6.80. The van der Waals surface area contributed by atoms with Gasteiger partial charge in [0, 0.05) is 30.7 Å². The molecule has 0 atom stereocenters. The molecular weight excluding hydrogens is 362 g/mol. The molecule has 2 aromatic carbocycles. The maximum atomic E-state index is 12.6. The normalized spacial score (nSPS) is 10.4. The summed E-state index contributed by atoms with van der Waals surface area (Å²) in [5, 5.41) is 2.96. The lowest BCUT2D eigenvalue weighted by Crippen LogP contribution is -2.27. The Kier molecular flexibility index (Phi) is 6.85. The molecule has 29 heavy (non-hydrogen) atoms. The van der Waals surface area contributed by atoms with Crippen molar-refractivity contribution in [1.82, 2.24) is 10.3 Å². The smallest absolute Gasteiger partial charge is 0.269 e. The summed E-state index contributed by atoms with van der Waals surface area (Å²) in [6, 6.07) is 19.9. The van der Waals surface area contributed by atoms with Crippen molar-refractivity contribution in [2.24, 2.45) is 0 Å². The minimum atomic E-state index is -0.179. The molecule has 0 aliphatic heterocycles. The molecule has 1 N–H and O–H groups in total. The van der Waals surface area contributed by atoms with Crippen LogP contribution in [0.25, 0.3) is 0 Å². The molecule has 1 heterocycles. The maximum absolute atomic E-state index is 12.6. The number of rotatable bonds is 8. The summed E-state index contributed by atoms with van der Waals surface area (Å²) in [5.41, 5.74) is 4.72. The maximum Gasteiger partial charge on any atom is 0.269 e. The fourth-order valence-corrected chi connectivity index (χ4v) is 3.33. The van der Waals surface area contributed by atoms with Crippen LogP contribution in [0.5, 0.6) is 5.75 Å². The van der Waals surface area contributed by atoms with Crippen molar-refractivity contribution < 1.29 is 9.53 Å². The van der Waals surface area contributed by atoms with Crippen LogP contribution in [-0.2, 0) is 6.42 Å². The van der Waals surface area contributed by atoms with E-state index in [1.807, 2.05) is 42.5 Å². The number of aromatic nitrogens is 1. The van der Waals surface area contributed by atoms with Crippen LogP contribution in [0.1, 0.15) is 28.5 Å². The number of para-hydroxylation sites is 1. The number of amides is 1. The molecule has 0 aliphatic carbocycles. The molecule has 1 amide bonds. The van der Waals surface area contributed by atoms with Crippen LogP contribution in [0.15, 0.2) is 66.9 Å². The minimum absolute atomic E-state index is 0.179. The zero-order valence-electron chi connectivity index (χ0n) is 17.2. The number of carbonyl (C=O) groups is 1. The van der Waals surface area contributed by atoms with Crippen LogP contribution >= 0.6 is 0 Å². The lowest BCUT2D eigenvalue weighted by molar-refractivity contribution is 0.0949. The Morgan fingerprint density at radius 3 is 2.62 bits per heavy atom. The fourth-order valence-electron chi connectivity index (χ4n) is 3.33. The third-order valence-electron chi connectivity index (χ3n) is 4.79. The zero-order chi connectivity index (χ0) is 20.6. The van der Waals surface area contributed by atoms with E-state index in [0.29, 0.717) is 18.7 Å². The SMILES string of the molecule is CCN(c1cccc(C)c1)c1ccnc(C(=O)NCCc2ccccc2OC)c1. The number of hydrogen-bond acceptors (Lipinski definition) is 4. The first-order chi connectivity index (χ1) is 14.1. The van der Waals surface area contributed by atoms with Gasteiger partial charge in [0.05, 0.1) is 7.11 Å². The average molecular weight is 389 g/mol. The number of anilines is 2. The molecule has 0 bridgehead atoms.